The summed E-state index contributed by atoms with van der Waals surface area (Å²) in [6.45, 7) is 9.74. The summed E-state index contributed by atoms with van der Waals surface area (Å²) >= 11 is 0. The highest BCUT2D eigenvalue weighted by Gasteiger charge is 2.27. The van der Waals surface area contributed by atoms with Gasteiger partial charge in [0.2, 0.25) is 0 Å². The van der Waals surface area contributed by atoms with Crippen molar-refractivity contribution in [3.8, 4) is 0 Å². The van der Waals surface area contributed by atoms with Crippen LogP contribution in [0.5, 0.6) is 0 Å². The van der Waals surface area contributed by atoms with Crippen molar-refractivity contribution in [1.82, 2.24) is 9.88 Å². The van der Waals surface area contributed by atoms with Crippen molar-refractivity contribution < 1.29 is 5.11 Å². The van der Waals surface area contributed by atoms with E-state index in [0.717, 1.165) is 54.7 Å². The average molecular weight is 275 g/mol. The largest absolute Gasteiger partial charge is 0.392 e. The van der Waals surface area contributed by atoms with E-state index in [1.54, 1.807) is 0 Å². The van der Waals surface area contributed by atoms with Crippen LogP contribution in [0.4, 0.5) is 5.82 Å². The maximum Gasteiger partial charge on any atom is 0.134 e. The fourth-order valence-corrected chi connectivity index (χ4v) is 3.11. The first-order valence-electron chi connectivity index (χ1n) is 7.72. The first-order chi connectivity index (χ1) is 9.67. The molecule has 1 aliphatic heterocycles. The fourth-order valence-electron chi connectivity index (χ4n) is 3.11. The van der Waals surface area contributed by atoms with Gasteiger partial charge in [-0.2, -0.15) is 0 Å². The van der Waals surface area contributed by atoms with Gasteiger partial charge in [-0.3, -0.25) is 4.90 Å². The van der Waals surface area contributed by atoms with Gasteiger partial charge in [-0.15, -0.1) is 0 Å². The lowest BCUT2D eigenvalue weighted by Crippen LogP contribution is -2.47. The molecule has 0 atom stereocenters. The monoisotopic (exact) mass is 275 g/mol. The molecule has 0 amide bonds. The number of aliphatic hydroxyl groups is 1. The summed E-state index contributed by atoms with van der Waals surface area (Å²) < 4.78 is 0. The molecule has 2 aliphatic rings. The van der Waals surface area contributed by atoms with Gasteiger partial charge in [0.05, 0.1) is 6.61 Å². The van der Waals surface area contributed by atoms with E-state index < -0.39 is 0 Å². The molecular weight excluding hydrogens is 250 g/mol. The van der Waals surface area contributed by atoms with Crippen LogP contribution in [0, 0.1) is 19.8 Å². The van der Waals surface area contributed by atoms with Crippen molar-refractivity contribution in [2.75, 3.05) is 37.6 Å². The SMILES string of the molecule is Cc1cc(C)c(CO)c(N2CCN(CC3CC3)CC2)n1. The van der Waals surface area contributed by atoms with Crippen LogP contribution in [-0.4, -0.2) is 47.7 Å². The van der Waals surface area contributed by atoms with Gasteiger partial charge in [0.15, 0.2) is 0 Å². The second-order valence-electron chi connectivity index (χ2n) is 6.27. The molecular formula is C16H25N3O. The minimum absolute atomic E-state index is 0.0801. The Morgan fingerprint density at radius 3 is 2.50 bits per heavy atom. The Kier molecular flexibility index (Phi) is 3.94. The van der Waals surface area contributed by atoms with E-state index in [0.29, 0.717) is 0 Å². The van der Waals surface area contributed by atoms with Crippen molar-refractivity contribution >= 4 is 5.82 Å². The summed E-state index contributed by atoms with van der Waals surface area (Å²) in [6, 6.07) is 2.05. The number of hydrogen-bond acceptors (Lipinski definition) is 4. The predicted octanol–water partition coefficient (Wildman–Crippen LogP) is 1.72. The topological polar surface area (TPSA) is 39.6 Å². The van der Waals surface area contributed by atoms with Crippen LogP contribution in [0.1, 0.15) is 29.7 Å². The highest BCUT2D eigenvalue weighted by molar-refractivity contribution is 5.51. The van der Waals surface area contributed by atoms with Crippen molar-refractivity contribution in [1.29, 1.82) is 0 Å². The summed E-state index contributed by atoms with van der Waals surface area (Å²) in [5, 5.41) is 9.62. The number of hydrogen-bond donors (Lipinski definition) is 1. The van der Waals surface area contributed by atoms with Gasteiger partial charge in [-0.05, 0) is 44.2 Å². The normalized spacial score (nSPS) is 20.4. The zero-order chi connectivity index (χ0) is 14.1. The molecule has 4 nitrogen and oxygen atoms in total. The lowest BCUT2D eigenvalue weighted by molar-refractivity contribution is 0.246. The second-order valence-corrected chi connectivity index (χ2v) is 6.27. The van der Waals surface area contributed by atoms with Gasteiger partial charge < -0.3 is 10.0 Å². The minimum atomic E-state index is 0.0801. The highest BCUT2D eigenvalue weighted by atomic mass is 16.3. The summed E-state index contributed by atoms with van der Waals surface area (Å²) in [5.41, 5.74) is 3.18. The predicted molar refractivity (Wildman–Crippen MR) is 81.0 cm³/mol. The molecule has 20 heavy (non-hydrogen) atoms. The van der Waals surface area contributed by atoms with Crippen LogP contribution in [0.2, 0.25) is 0 Å². The van der Waals surface area contributed by atoms with Crippen LogP contribution in [-0.2, 0) is 6.61 Å². The van der Waals surface area contributed by atoms with Gasteiger partial charge in [-0.25, -0.2) is 4.98 Å². The lowest BCUT2D eigenvalue weighted by Gasteiger charge is -2.36. The van der Waals surface area contributed by atoms with Crippen LogP contribution < -0.4 is 4.90 Å². The van der Waals surface area contributed by atoms with Gasteiger partial charge in [0.1, 0.15) is 5.82 Å². The van der Waals surface area contributed by atoms with Crippen molar-refractivity contribution in [3.05, 3.63) is 22.9 Å². The zero-order valence-electron chi connectivity index (χ0n) is 12.6. The third-order valence-electron chi connectivity index (χ3n) is 4.50. The van der Waals surface area contributed by atoms with E-state index in [9.17, 15) is 5.11 Å². The number of rotatable bonds is 4. The molecule has 0 bridgehead atoms. The number of aromatic nitrogens is 1. The number of pyridine rings is 1. The Balaban J connectivity index is 1.70. The van der Waals surface area contributed by atoms with Gasteiger partial charge >= 0.3 is 0 Å². The molecule has 3 rings (SSSR count). The van der Waals surface area contributed by atoms with E-state index in [1.165, 1.54) is 19.4 Å². The molecule has 2 fully saturated rings. The molecule has 1 aromatic heterocycles. The Labute approximate surface area is 121 Å². The van der Waals surface area contributed by atoms with E-state index in [1.807, 2.05) is 6.92 Å². The van der Waals surface area contributed by atoms with Crippen LogP contribution >= 0.6 is 0 Å². The summed E-state index contributed by atoms with van der Waals surface area (Å²) in [5.74, 6) is 1.96. The fraction of sp³-hybridized carbons (Fsp3) is 0.688. The standard InChI is InChI=1S/C16H25N3O/c1-12-9-13(2)17-16(15(12)11-20)19-7-5-18(6-8-19)10-14-3-4-14/h9,14,20H,3-8,10-11H2,1-2H3. The summed E-state index contributed by atoms with van der Waals surface area (Å²) in [6.07, 6.45) is 2.85. The molecule has 4 heteroatoms. The first-order valence-corrected chi connectivity index (χ1v) is 7.72. The number of piperazine rings is 1. The number of anilines is 1. The molecule has 1 aliphatic carbocycles. The van der Waals surface area contributed by atoms with Crippen molar-refractivity contribution in [2.24, 2.45) is 5.92 Å². The molecule has 0 spiro atoms. The molecule has 1 aromatic rings. The quantitative estimate of drug-likeness (QED) is 0.908. The van der Waals surface area contributed by atoms with Crippen LogP contribution in [0.3, 0.4) is 0 Å². The lowest BCUT2D eigenvalue weighted by atomic mass is 10.1. The zero-order valence-corrected chi connectivity index (χ0v) is 12.6. The molecule has 0 radical (unpaired) electrons. The third-order valence-corrected chi connectivity index (χ3v) is 4.50. The molecule has 2 heterocycles. The molecule has 0 unspecified atom stereocenters. The van der Waals surface area contributed by atoms with Crippen molar-refractivity contribution in [3.63, 3.8) is 0 Å². The number of aryl methyl sites for hydroxylation is 2. The van der Waals surface area contributed by atoms with E-state index >= 15 is 0 Å². The van der Waals surface area contributed by atoms with E-state index in [2.05, 4.69) is 27.8 Å². The Morgan fingerprint density at radius 1 is 1.20 bits per heavy atom. The molecule has 0 aromatic carbocycles. The van der Waals surface area contributed by atoms with Gasteiger partial charge in [-0.1, -0.05) is 0 Å². The summed E-state index contributed by atoms with van der Waals surface area (Å²) in [7, 11) is 0. The van der Waals surface area contributed by atoms with Gasteiger partial charge in [0.25, 0.3) is 0 Å². The molecule has 1 saturated carbocycles. The van der Waals surface area contributed by atoms with Crippen LogP contribution in [0.15, 0.2) is 6.07 Å². The number of nitrogens with zero attached hydrogens (tertiary/aromatic N) is 3. The third kappa shape index (κ3) is 2.96. The van der Waals surface area contributed by atoms with E-state index in [-0.39, 0.29) is 6.61 Å². The second kappa shape index (κ2) is 5.70. The van der Waals surface area contributed by atoms with Crippen LogP contribution in [0.25, 0.3) is 0 Å². The molecule has 110 valence electrons. The van der Waals surface area contributed by atoms with Crippen molar-refractivity contribution in [2.45, 2.75) is 33.3 Å². The van der Waals surface area contributed by atoms with Gasteiger partial charge in [0, 0.05) is 44.0 Å². The summed E-state index contributed by atoms with van der Waals surface area (Å²) in [4.78, 5) is 9.60. The van der Waals surface area contributed by atoms with E-state index in [4.69, 9.17) is 0 Å². The smallest absolute Gasteiger partial charge is 0.134 e. The highest BCUT2D eigenvalue weighted by Crippen LogP contribution is 2.30. The first kappa shape index (κ1) is 13.8. The number of aliphatic hydroxyl groups excluding tert-OH is 1. The maximum atomic E-state index is 9.62. The molecule has 1 saturated heterocycles. The maximum absolute atomic E-state index is 9.62. The Bertz CT molecular complexity index is 477. The minimum Gasteiger partial charge on any atom is -0.392 e. The average Bonchev–Trinajstić information content (AvgIpc) is 3.23. The molecule has 1 N–H and O–H groups in total. The Morgan fingerprint density at radius 2 is 1.90 bits per heavy atom. The Hall–Kier alpha value is -1.13.